The average molecular weight is 432 g/mol. The first kappa shape index (κ1) is 22.2. The molecular formula is C22H29N3O4S. The van der Waals surface area contributed by atoms with Gasteiger partial charge in [-0.2, -0.15) is 4.31 Å². The number of amides is 1. The fourth-order valence-electron chi connectivity index (χ4n) is 3.42. The smallest absolute Gasteiger partial charge is 0.415 e. The molecule has 2 heterocycles. The van der Waals surface area contributed by atoms with Crippen molar-refractivity contribution in [3.63, 3.8) is 0 Å². The fraction of sp³-hybridized carbons (Fsp3) is 0.455. The van der Waals surface area contributed by atoms with Crippen molar-refractivity contribution < 1.29 is 17.9 Å². The van der Waals surface area contributed by atoms with Gasteiger partial charge < -0.3 is 4.74 Å². The van der Waals surface area contributed by atoms with Crippen LogP contribution in [0.1, 0.15) is 50.8 Å². The van der Waals surface area contributed by atoms with Crippen LogP contribution >= 0.6 is 0 Å². The Morgan fingerprint density at radius 2 is 1.83 bits per heavy atom. The molecular weight excluding hydrogens is 402 g/mol. The molecule has 7 nitrogen and oxygen atoms in total. The standard InChI is InChI=1S/C22H29N3O4S/c1-16-8-11-18(12-9-16)30(27,28)25-14-6-7-19(25)17-10-13-20(23-15-17)24(5)21(26)29-22(2,3)4/h8-13,15,19H,6-7,14H2,1-5H3/t19-/m1/s1. The van der Waals surface area contributed by atoms with E-state index < -0.39 is 21.7 Å². The van der Waals surface area contributed by atoms with Gasteiger partial charge in [0.1, 0.15) is 11.4 Å². The maximum atomic E-state index is 13.2. The minimum Gasteiger partial charge on any atom is -0.443 e. The summed E-state index contributed by atoms with van der Waals surface area (Å²) in [6, 6.07) is 10.2. The zero-order chi connectivity index (χ0) is 22.1. The molecule has 0 radical (unpaired) electrons. The van der Waals surface area contributed by atoms with Crippen LogP contribution in [0.15, 0.2) is 47.5 Å². The van der Waals surface area contributed by atoms with Gasteiger partial charge in [-0.15, -0.1) is 0 Å². The number of benzene rings is 1. The number of aryl methyl sites for hydroxylation is 1. The first-order chi connectivity index (χ1) is 14.0. The van der Waals surface area contributed by atoms with Crippen molar-refractivity contribution in [2.45, 2.75) is 57.1 Å². The third-order valence-electron chi connectivity index (χ3n) is 5.00. The molecule has 0 N–H and O–H groups in total. The van der Waals surface area contributed by atoms with Crippen LogP contribution in [0.5, 0.6) is 0 Å². The van der Waals surface area contributed by atoms with E-state index in [2.05, 4.69) is 4.98 Å². The summed E-state index contributed by atoms with van der Waals surface area (Å²) < 4.78 is 33.2. The number of hydrogen-bond donors (Lipinski definition) is 0. The van der Waals surface area contributed by atoms with Crippen molar-refractivity contribution >= 4 is 21.9 Å². The zero-order valence-electron chi connectivity index (χ0n) is 18.1. The van der Waals surface area contributed by atoms with Crippen LogP contribution in [0.3, 0.4) is 0 Å². The Kier molecular flexibility index (Phi) is 6.19. The van der Waals surface area contributed by atoms with Gasteiger partial charge in [0.25, 0.3) is 0 Å². The molecule has 8 heteroatoms. The van der Waals surface area contributed by atoms with E-state index in [0.29, 0.717) is 17.3 Å². The van der Waals surface area contributed by atoms with Crippen LogP contribution in [0.25, 0.3) is 0 Å². The van der Waals surface area contributed by atoms with Gasteiger partial charge in [0.15, 0.2) is 0 Å². The van der Waals surface area contributed by atoms with E-state index in [0.717, 1.165) is 24.0 Å². The number of sulfonamides is 1. The van der Waals surface area contributed by atoms with Crippen LogP contribution in [0.2, 0.25) is 0 Å². The third-order valence-corrected chi connectivity index (χ3v) is 6.92. The summed E-state index contributed by atoms with van der Waals surface area (Å²) in [4.78, 5) is 18.3. The molecule has 1 aliphatic rings. The zero-order valence-corrected chi connectivity index (χ0v) is 18.9. The van der Waals surface area contributed by atoms with Crippen LogP contribution in [-0.4, -0.2) is 43.0 Å². The van der Waals surface area contributed by atoms with Crippen molar-refractivity contribution in [1.29, 1.82) is 0 Å². The van der Waals surface area contributed by atoms with Crippen molar-refractivity contribution in [2.75, 3.05) is 18.5 Å². The number of nitrogens with zero attached hydrogens (tertiary/aromatic N) is 3. The highest BCUT2D eigenvalue weighted by molar-refractivity contribution is 7.89. The quantitative estimate of drug-likeness (QED) is 0.722. The number of aromatic nitrogens is 1. The second-order valence-electron chi connectivity index (χ2n) is 8.58. The molecule has 0 unspecified atom stereocenters. The van der Waals surface area contributed by atoms with E-state index in [1.54, 1.807) is 68.7 Å². The van der Waals surface area contributed by atoms with Crippen molar-refractivity contribution in [3.05, 3.63) is 53.7 Å². The van der Waals surface area contributed by atoms with Crippen LogP contribution in [0.4, 0.5) is 10.6 Å². The van der Waals surface area contributed by atoms with Gasteiger partial charge in [-0.25, -0.2) is 18.2 Å². The molecule has 162 valence electrons. The molecule has 1 aliphatic heterocycles. The number of carbonyl (C=O) groups excluding carboxylic acids is 1. The lowest BCUT2D eigenvalue weighted by Crippen LogP contribution is -2.34. The molecule has 1 amide bonds. The summed E-state index contributed by atoms with van der Waals surface area (Å²) >= 11 is 0. The predicted molar refractivity (Wildman–Crippen MR) is 116 cm³/mol. The van der Waals surface area contributed by atoms with Gasteiger partial charge >= 0.3 is 6.09 Å². The number of pyridine rings is 1. The molecule has 1 aromatic heterocycles. The second kappa shape index (κ2) is 8.35. The molecule has 2 aromatic rings. The van der Waals surface area contributed by atoms with E-state index in [1.165, 1.54) is 4.90 Å². The molecule has 1 aromatic carbocycles. The summed E-state index contributed by atoms with van der Waals surface area (Å²) in [5.41, 5.74) is 1.23. The van der Waals surface area contributed by atoms with Crippen LogP contribution in [0, 0.1) is 6.92 Å². The monoisotopic (exact) mass is 431 g/mol. The molecule has 30 heavy (non-hydrogen) atoms. The van der Waals surface area contributed by atoms with E-state index in [1.807, 2.05) is 13.0 Å². The van der Waals surface area contributed by atoms with Gasteiger partial charge in [-0.1, -0.05) is 23.8 Å². The first-order valence-corrected chi connectivity index (χ1v) is 11.4. The van der Waals surface area contributed by atoms with Gasteiger partial charge in [0.2, 0.25) is 10.0 Å². The molecule has 1 fully saturated rings. The Bertz CT molecular complexity index is 996. The third kappa shape index (κ3) is 4.82. The Balaban J connectivity index is 1.80. The molecule has 1 saturated heterocycles. The predicted octanol–water partition coefficient (Wildman–Crippen LogP) is 4.29. The number of rotatable bonds is 4. The SMILES string of the molecule is Cc1ccc(S(=O)(=O)N2CCC[C@@H]2c2ccc(N(C)C(=O)OC(C)(C)C)nc2)cc1. The summed E-state index contributed by atoms with van der Waals surface area (Å²) in [6.07, 6.45) is 2.67. The molecule has 0 aliphatic carbocycles. The number of anilines is 1. The van der Waals surface area contributed by atoms with E-state index >= 15 is 0 Å². The summed E-state index contributed by atoms with van der Waals surface area (Å²) in [6.45, 7) is 7.81. The fourth-order valence-corrected chi connectivity index (χ4v) is 5.11. The van der Waals surface area contributed by atoms with E-state index in [-0.39, 0.29) is 6.04 Å². The van der Waals surface area contributed by atoms with Gasteiger partial charge in [-0.3, -0.25) is 4.90 Å². The van der Waals surface area contributed by atoms with Crippen molar-refractivity contribution in [3.8, 4) is 0 Å². The Hall–Kier alpha value is -2.45. The van der Waals surface area contributed by atoms with Gasteiger partial charge in [-0.05, 0) is 64.3 Å². The lowest BCUT2D eigenvalue weighted by molar-refractivity contribution is 0.0588. The Labute approximate surface area is 178 Å². The van der Waals surface area contributed by atoms with Crippen LogP contribution in [-0.2, 0) is 14.8 Å². The van der Waals surface area contributed by atoms with Crippen molar-refractivity contribution in [2.24, 2.45) is 0 Å². The van der Waals surface area contributed by atoms with E-state index in [4.69, 9.17) is 4.74 Å². The highest BCUT2D eigenvalue weighted by atomic mass is 32.2. The molecule has 0 saturated carbocycles. The molecule has 0 spiro atoms. The Morgan fingerprint density at radius 3 is 2.40 bits per heavy atom. The topological polar surface area (TPSA) is 79.8 Å². The van der Waals surface area contributed by atoms with Gasteiger partial charge in [0, 0.05) is 19.8 Å². The highest BCUT2D eigenvalue weighted by Crippen LogP contribution is 2.36. The largest absolute Gasteiger partial charge is 0.443 e. The number of carbonyl (C=O) groups is 1. The minimum absolute atomic E-state index is 0.273. The maximum Gasteiger partial charge on any atom is 0.415 e. The maximum absolute atomic E-state index is 13.2. The lowest BCUT2D eigenvalue weighted by atomic mass is 10.1. The second-order valence-corrected chi connectivity index (χ2v) is 10.5. The summed E-state index contributed by atoms with van der Waals surface area (Å²) in [5, 5.41) is 0. The minimum atomic E-state index is -3.59. The number of hydrogen-bond acceptors (Lipinski definition) is 5. The number of ether oxygens (including phenoxy) is 1. The normalized spacial score (nSPS) is 17.7. The van der Waals surface area contributed by atoms with E-state index in [9.17, 15) is 13.2 Å². The summed E-state index contributed by atoms with van der Waals surface area (Å²) in [5.74, 6) is 0.443. The summed E-state index contributed by atoms with van der Waals surface area (Å²) in [7, 11) is -1.99. The first-order valence-electron chi connectivity index (χ1n) is 10.0. The van der Waals surface area contributed by atoms with Gasteiger partial charge in [0.05, 0.1) is 10.9 Å². The molecule has 0 bridgehead atoms. The Morgan fingerprint density at radius 1 is 1.17 bits per heavy atom. The lowest BCUT2D eigenvalue weighted by Gasteiger charge is -2.26. The highest BCUT2D eigenvalue weighted by Gasteiger charge is 2.36. The molecule has 3 rings (SSSR count). The van der Waals surface area contributed by atoms with Crippen LogP contribution < -0.4 is 4.90 Å². The molecule has 1 atom stereocenters. The van der Waals surface area contributed by atoms with Crippen molar-refractivity contribution in [1.82, 2.24) is 9.29 Å². The average Bonchev–Trinajstić information content (AvgIpc) is 3.17.